The maximum absolute atomic E-state index is 12.0. The van der Waals surface area contributed by atoms with Crippen LogP contribution in [0.25, 0.3) is 0 Å². The zero-order valence-electron chi connectivity index (χ0n) is 13.0. The number of hydrogen-bond donors (Lipinski definition) is 1. The SMILES string of the molecule is CCCS(=O)(=O)c1ccc(N2CCCC(C(C)N)C2)cc1. The van der Waals surface area contributed by atoms with E-state index in [1.807, 2.05) is 19.1 Å². The van der Waals surface area contributed by atoms with Gasteiger partial charge < -0.3 is 10.6 Å². The molecule has 0 radical (unpaired) electrons. The molecule has 2 unspecified atom stereocenters. The number of nitrogens with zero attached hydrogens (tertiary/aromatic N) is 1. The minimum Gasteiger partial charge on any atom is -0.371 e. The third kappa shape index (κ3) is 3.98. The minimum absolute atomic E-state index is 0.206. The molecule has 21 heavy (non-hydrogen) atoms. The molecule has 2 rings (SSSR count). The van der Waals surface area contributed by atoms with Gasteiger partial charge in [0.2, 0.25) is 0 Å². The molecule has 0 saturated carbocycles. The lowest BCUT2D eigenvalue weighted by Gasteiger charge is -2.36. The van der Waals surface area contributed by atoms with Crippen molar-refractivity contribution in [3.05, 3.63) is 24.3 Å². The van der Waals surface area contributed by atoms with Crippen molar-refractivity contribution in [1.29, 1.82) is 0 Å². The van der Waals surface area contributed by atoms with Crippen LogP contribution in [-0.4, -0.2) is 33.3 Å². The molecular weight excluding hydrogens is 284 g/mol. The fourth-order valence-electron chi connectivity index (χ4n) is 2.92. The van der Waals surface area contributed by atoms with Crippen LogP contribution >= 0.6 is 0 Å². The topological polar surface area (TPSA) is 63.4 Å². The van der Waals surface area contributed by atoms with Crippen molar-refractivity contribution in [3.63, 3.8) is 0 Å². The first-order chi connectivity index (χ1) is 9.94. The van der Waals surface area contributed by atoms with Crippen molar-refractivity contribution >= 4 is 15.5 Å². The third-order valence-electron chi connectivity index (χ3n) is 4.24. The lowest BCUT2D eigenvalue weighted by molar-refractivity contribution is 0.364. The van der Waals surface area contributed by atoms with E-state index in [1.54, 1.807) is 12.1 Å². The molecule has 0 amide bonds. The average molecular weight is 310 g/mol. The van der Waals surface area contributed by atoms with Gasteiger partial charge in [0.15, 0.2) is 9.84 Å². The molecule has 1 aliphatic rings. The number of hydrogen-bond acceptors (Lipinski definition) is 4. The first-order valence-corrected chi connectivity index (χ1v) is 9.42. The quantitative estimate of drug-likeness (QED) is 0.907. The predicted octanol–water partition coefficient (Wildman–Crippen LogP) is 2.43. The molecule has 1 aromatic carbocycles. The molecule has 118 valence electrons. The van der Waals surface area contributed by atoms with Crippen LogP contribution in [0.15, 0.2) is 29.2 Å². The maximum atomic E-state index is 12.0. The standard InChI is InChI=1S/C16H26N2O2S/c1-3-11-21(19,20)16-8-6-15(7-9-16)18-10-4-5-14(12-18)13(2)17/h6-9,13-14H,3-5,10-12,17H2,1-2H3. The van der Waals surface area contributed by atoms with Gasteiger partial charge in [-0.15, -0.1) is 0 Å². The van der Waals surface area contributed by atoms with E-state index >= 15 is 0 Å². The summed E-state index contributed by atoms with van der Waals surface area (Å²) in [7, 11) is -3.12. The Morgan fingerprint density at radius 2 is 2.00 bits per heavy atom. The summed E-state index contributed by atoms with van der Waals surface area (Å²) in [6.45, 7) is 5.92. The molecule has 0 aromatic heterocycles. The Kier molecular flexibility index (Phi) is 5.27. The van der Waals surface area contributed by atoms with Gasteiger partial charge in [-0.3, -0.25) is 0 Å². The highest BCUT2D eigenvalue weighted by Gasteiger charge is 2.23. The molecule has 0 spiro atoms. The third-order valence-corrected chi connectivity index (χ3v) is 6.17. The number of anilines is 1. The molecule has 1 aliphatic heterocycles. The van der Waals surface area contributed by atoms with Crippen molar-refractivity contribution in [2.75, 3.05) is 23.7 Å². The summed E-state index contributed by atoms with van der Waals surface area (Å²) in [4.78, 5) is 2.74. The van der Waals surface area contributed by atoms with Gasteiger partial charge in [0.05, 0.1) is 10.6 Å². The fraction of sp³-hybridized carbons (Fsp3) is 0.625. The van der Waals surface area contributed by atoms with Crippen molar-refractivity contribution < 1.29 is 8.42 Å². The molecule has 0 bridgehead atoms. The van der Waals surface area contributed by atoms with Crippen LogP contribution in [0.5, 0.6) is 0 Å². The molecule has 2 N–H and O–H groups in total. The highest BCUT2D eigenvalue weighted by Crippen LogP contribution is 2.26. The Labute approximate surface area is 128 Å². The van der Waals surface area contributed by atoms with Crippen LogP contribution in [-0.2, 0) is 9.84 Å². The van der Waals surface area contributed by atoms with Crippen molar-refractivity contribution in [1.82, 2.24) is 0 Å². The van der Waals surface area contributed by atoms with Gasteiger partial charge in [-0.05, 0) is 56.4 Å². The Morgan fingerprint density at radius 1 is 1.33 bits per heavy atom. The molecule has 1 fully saturated rings. The highest BCUT2D eigenvalue weighted by molar-refractivity contribution is 7.91. The molecule has 1 aromatic rings. The van der Waals surface area contributed by atoms with Crippen LogP contribution < -0.4 is 10.6 Å². The summed E-state index contributed by atoms with van der Waals surface area (Å²) in [6, 6.07) is 7.51. The summed E-state index contributed by atoms with van der Waals surface area (Å²) in [5.41, 5.74) is 7.11. The second-order valence-corrected chi connectivity index (χ2v) is 8.13. The number of piperidine rings is 1. The average Bonchev–Trinajstić information content (AvgIpc) is 2.47. The normalized spacial score (nSPS) is 21.3. The van der Waals surface area contributed by atoms with Gasteiger partial charge in [-0.1, -0.05) is 6.92 Å². The van der Waals surface area contributed by atoms with Crippen LogP contribution in [0.1, 0.15) is 33.1 Å². The lowest BCUT2D eigenvalue weighted by Crippen LogP contribution is -2.42. The highest BCUT2D eigenvalue weighted by atomic mass is 32.2. The van der Waals surface area contributed by atoms with E-state index in [-0.39, 0.29) is 11.8 Å². The van der Waals surface area contributed by atoms with E-state index in [9.17, 15) is 8.42 Å². The maximum Gasteiger partial charge on any atom is 0.178 e. The molecule has 0 aliphatic carbocycles. The van der Waals surface area contributed by atoms with Crippen molar-refractivity contribution in [2.45, 2.75) is 44.0 Å². The van der Waals surface area contributed by atoms with Crippen LogP contribution in [0.3, 0.4) is 0 Å². The van der Waals surface area contributed by atoms with Crippen LogP contribution in [0, 0.1) is 5.92 Å². The second kappa shape index (κ2) is 6.79. The number of sulfone groups is 1. The second-order valence-electron chi connectivity index (χ2n) is 6.02. The summed E-state index contributed by atoms with van der Waals surface area (Å²) < 4.78 is 24.1. The smallest absolute Gasteiger partial charge is 0.178 e. The molecule has 2 atom stereocenters. The van der Waals surface area contributed by atoms with E-state index in [0.29, 0.717) is 17.2 Å². The lowest BCUT2D eigenvalue weighted by atomic mass is 9.92. The van der Waals surface area contributed by atoms with Crippen molar-refractivity contribution in [3.8, 4) is 0 Å². The van der Waals surface area contributed by atoms with Gasteiger partial charge in [-0.2, -0.15) is 0 Å². The van der Waals surface area contributed by atoms with E-state index < -0.39 is 9.84 Å². The van der Waals surface area contributed by atoms with Crippen LogP contribution in [0.2, 0.25) is 0 Å². The zero-order chi connectivity index (χ0) is 15.5. The number of rotatable bonds is 5. The van der Waals surface area contributed by atoms with Gasteiger partial charge in [0.1, 0.15) is 0 Å². The van der Waals surface area contributed by atoms with Crippen molar-refractivity contribution in [2.24, 2.45) is 11.7 Å². The minimum atomic E-state index is -3.12. The van der Waals surface area contributed by atoms with Crippen LogP contribution in [0.4, 0.5) is 5.69 Å². The summed E-state index contributed by atoms with van der Waals surface area (Å²) in [5, 5.41) is 0. The molecular formula is C16H26N2O2S. The number of benzene rings is 1. The summed E-state index contributed by atoms with van der Waals surface area (Å²) >= 11 is 0. The Balaban J connectivity index is 2.12. The first-order valence-electron chi connectivity index (χ1n) is 7.77. The summed E-state index contributed by atoms with van der Waals surface area (Å²) in [6.07, 6.45) is 2.96. The van der Waals surface area contributed by atoms with Gasteiger partial charge in [-0.25, -0.2) is 8.42 Å². The van der Waals surface area contributed by atoms with Gasteiger partial charge in [0, 0.05) is 24.8 Å². The van der Waals surface area contributed by atoms with Gasteiger partial charge >= 0.3 is 0 Å². The number of nitrogens with two attached hydrogens (primary N) is 1. The van der Waals surface area contributed by atoms with E-state index in [1.165, 1.54) is 6.42 Å². The fourth-order valence-corrected chi connectivity index (χ4v) is 4.25. The Hall–Kier alpha value is -1.07. The Bertz CT molecular complexity index is 552. The monoisotopic (exact) mass is 310 g/mol. The molecule has 1 saturated heterocycles. The van der Waals surface area contributed by atoms with E-state index in [2.05, 4.69) is 11.8 Å². The molecule has 4 nitrogen and oxygen atoms in total. The van der Waals surface area contributed by atoms with E-state index in [0.717, 1.165) is 25.2 Å². The van der Waals surface area contributed by atoms with E-state index in [4.69, 9.17) is 5.73 Å². The summed E-state index contributed by atoms with van der Waals surface area (Å²) in [5.74, 6) is 0.727. The predicted molar refractivity (Wildman–Crippen MR) is 87.4 cm³/mol. The zero-order valence-corrected chi connectivity index (χ0v) is 13.8. The molecule has 1 heterocycles. The first kappa shape index (κ1) is 16.3. The Morgan fingerprint density at radius 3 is 2.57 bits per heavy atom. The molecule has 5 heteroatoms. The largest absolute Gasteiger partial charge is 0.371 e. The van der Waals surface area contributed by atoms with Gasteiger partial charge in [0.25, 0.3) is 0 Å².